The van der Waals surface area contributed by atoms with Crippen molar-refractivity contribution in [2.45, 2.75) is 13.5 Å². The van der Waals surface area contributed by atoms with Crippen LogP contribution in [0, 0.1) is 6.92 Å². The Balaban J connectivity index is 1.86. The second kappa shape index (κ2) is 4.64. The van der Waals surface area contributed by atoms with Crippen molar-refractivity contribution in [2.24, 2.45) is 0 Å². The Kier molecular flexibility index (Phi) is 3.02. The van der Waals surface area contributed by atoms with Gasteiger partial charge in [-0.05, 0) is 24.6 Å². The van der Waals surface area contributed by atoms with Crippen LogP contribution in [0.3, 0.4) is 0 Å². The van der Waals surface area contributed by atoms with Gasteiger partial charge in [0.25, 0.3) is 0 Å². The first-order valence-electron chi connectivity index (χ1n) is 5.13. The first kappa shape index (κ1) is 9.77. The number of nitrogens with zero attached hydrogens (tertiary/aromatic N) is 2. The van der Waals surface area contributed by atoms with Gasteiger partial charge in [0.05, 0.1) is 6.54 Å². The number of para-hydroxylation sites is 1. The largest absolute Gasteiger partial charge is 0.383 e. The van der Waals surface area contributed by atoms with Crippen molar-refractivity contribution >= 4 is 5.69 Å². The zero-order valence-electron chi connectivity index (χ0n) is 8.85. The van der Waals surface area contributed by atoms with Crippen LogP contribution in [0.5, 0.6) is 0 Å². The Labute approximate surface area is 89.7 Å². The van der Waals surface area contributed by atoms with E-state index in [1.54, 1.807) is 6.20 Å². The summed E-state index contributed by atoms with van der Waals surface area (Å²) in [5, 5.41) is 7.54. The highest BCUT2D eigenvalue weighted by atomic mass is 15.3. The Bertz CT molecular complexity index is 407. The molecule has 0 aliphatic carbocycles. The number of hydrogen-bond acceptors (Lipinski definition) is 2. The quantitative estimate of drug-likeness (QED) is 0.822. The molecule has 0 radical (unpaired) electrons. The zero-order chi connectivity index (χ0) is 10.5. The van der Waals surface area contributed by atoms with Crippen LogP contribution in [0.4, 0.5) is 5.69 Å². The van der Waals surface area contributed by atoms with Gasteiger partial charge in [0.15, 0.2) is 0 Å². The van der Waals surface area contributed by atoms with Crippen LogP contribution >= 0.6 is 0 Å². The second-order valence-corrected chi connectivity index (χ2v) is 3.51. The predicted molar refractivity (Wildman–Crippen MR) is 61.9 cm³/mol. The van der Waals surface area contributed by atoms with Crippen LogP contribution < -0.4 is 5.32 Å². The molecule has 1 aromatic carbocycles. The van der Waals surface area contributed by atoms with Crippen molar-refractivity contribution in [1.29, 1.82) is 0 Å². The minimum atomic E-state index is 0.890. The molecule has 15 heavy (non-hydrogen) atoms. The van der Waals surface area contributed by atoms with Gasteiger partial charge in [-0.15, -0.1) is 0 Å². The molecule has 0 unspecified atom stereocenters. The molecule has 3 nitrogen and oxygen atoms in total. The van der Waals surface area contributed by atoms with Gasteiger partial charge in [0.2, 0.25) is 0 Å². The molecule has 1 aromatic heterocycles. The second-order valence-electron chi connectivity index (χ2n) is 3.51. The molecular formula is C12H15N3. The molecule has 0 fully saturated rings. The Morgan fingerprint density at radius 1 is 1.27 bits per heavy atom. The number of anilines is 1. The summed E-state index contributed by atoms with van der Waals surface area (Å²) in [6.45, 7) is 3.89. The van der Waals surface area contributed by atoms with Crippen molar-refractivity contribution in [2.75, 3.05) is 11.9 Å². The lowest BCUT2D eigenvalue weighted by Gasteiger charge is -2.08. The molecule has 0 amide bonds. The van der Waals surface area contributed by atoms with Crippen molar-refractivity contribution < 1.29 is 0 Å². The number of hydrogen-bond donors (Lipinski definition) is 1. The summed E-state index contributed by atoms with van der Waals surface area (Å²) < 4.78 is 1.92. The average Bonchev–Trinajstić information content (AvgIpc) is 2.74. The summed E-state index contributed by atoms with van der Waals surface area (Å²) in [6.07, 6.45) is 3.77. The maximum Gasteiger partial charge on any atom is 0.0582 e. The number of rotatable bonds is 4. The molecule has 1 heterocycles. The van der Waals surface area contributed by atoms with E-state index >= 15 is 0 Å². The Morgan fingerprint density at radius 2 is 2.13 bits per heavy atom. The number of nitrogens with one attached hydrogen (secondary N) is 1. The Morgan fingerprint density at radius 3 is 2.87 bits per heavy atom. The summed E-state index contributed by atoms with van der Waals surface area (Å²) >= 11 is 0. The molecule has 2 rings (SSSR count). The molecule has 2 aromatic rings. The molecule has 0 bridgehead atoms. The highest BCUT2D eigenvalue weighted by molar-refractivity contribution is 5.49. The lowest BCUT2D eigenvalue weighted by molar-refractivity contribution is 0.638. The SMILES string of the molecule is Cc1ccccc1NCCn1cccn1. The highest BCUT2D eigenvalue weighted by Gasteiger charge is 1.95. The number of benzene rings is 1. The van der Waals surface area contributed by atoms with Gasteiger partial charge in [0, 0.05) is 24.6 Å². The van der Waals surface area contributed by atoms with Crippen LogP contribution in [0.2, 0.25) is 0 Å². The van der Waals surface area contributed by atoms with Crippen LogP contribution in [-0.2, 0) is 6.54 Å². The van der Waals surface area contributed by atoms with Gasteiger partial charge in [0.1, 0.15) is 0 Å². The lowest BCUT2D eigenvalue weighted by atomic mass is 10.2. The smallest absolute Gasteiger partial charge is 0.0582 e. The molecule has 3 heteroatoms. The fourth-order valence-electron chi connectivity index (χ4n) is 1.51. The number of aryl methyl sites for hydroxylation is 1. The van der Waals surface area contributed by atoms with Crippen LogP contribution in [0.25, 0.3) is 0 Å². The van der Waals surface area contributed by atoms with Gasteiger partial charge in [-0.25, -0.2) is 0 Å². The van der Waals surface area contributed by atoms with E-state index in [1.165, 1.54) is 11.3 Å². The lowest BCUT2D eigenvalue weighted by Crippen LogP contribution is -2.11. The number of aromatic nitrogens is 2. The average molecular weight is 201 g/mol. The van der Waals surface area contributed by atoms with Crippen molar-refractivity contribution in [3.05, 3.63) is 48.3 Å². The van der Waals surface area contributed by atoms with Crippen LogP contribution in [0.1, 0.15) is 5.56 Å². The molecule has 0 aliphatic rings. The van der Waals surface area contributed by atoms with E-state index in [4.69, 9.17) is 0 Å². The van der Waals surface area contributed by atoms with Crippen LogP contribution in [0.15, 0.2) is 42.7 Å². The molecular weight excluding hydrogens is 186 g/mol. The first-order chi connectivity index (χ1) is 7.36. The maximum absolute atomic E-state index is 4.15. The summed E-state index contributed by atoms with van der Waals surface area (Å²) in [4.78, 5) is 0. The van der Waals surface area contributed by atoms with Gasteiger partial charge in [-0.3, -0.25) is 4.68 Å². The highest BCUT2D eigenvalue weighted by Crippen LogP contribution is 2.12. The van der Waals surface area contributed by atoms with Gasteiger partial charge in [-0.2, -0.15) is 5.10 Å². The molecule has 0 spiro atoms. The zero-order valence-corrected chi connectivity index (χ0v) is 8.85. The molecule has 1 N–H and O–H groups in total. The molecule has 0 atom stereocenters. The third-order valence-corrected chi connectivity index (χ3v) is 2.36. The summed E-state index contributed by atoms with van der Waals surface area (Å²) in [5.74, 6) is 0. The van der Waals surface area contributed by atoms with E-state index in [-0.39, 0.29) is 0 Å². The van der Waals surface area contributed by atoms with E-state index in [0.29, 0.717) is 0 Å². The molecule has 78 valence electrons. The summed E-state index contributed by atoms with van der Waals surface area (Å²) in [5.41, 5.74) is 2.47. The Hall–Kier alpha value is -1.77. The normalized spacial score (nSPS) is 10.2. The van der Waals surface area contributed by atoms with Gasteiger partial charge in [-0.1, -0.05) is 18.2 Å². The van der Waals surface area contributed by atoms with Crippen LogP contribution in [-0.4, -0.2) is 16.3 Å². The predicted octanol–water partition coefficient (Wildman–Crippen LogP) is 2.30. The van der Waals surface area contributed by atoms with Gasteiger partial charge >= 0.3 is 0 Å². The topological polar surface area (TPSA) is 29.9 Å². The molecule has 0 saturated heterocycles. The minimum absolute atomic E-state index is 0.890. The van der Waals surface area contributed by atoms with E-state index in [9.17, 15) is 0 Å². The summed E-state index contributed by atoms with van der Waals surface area (Å²) in [6, 6.07) is 10.2. The molecule has 0 aliphatic heterocycles. The third kappa shape index (κ3) is 2.59. The van der Waals surface area contributed by atoms with Crippen molar-refractivity contribution in [1.82, 2.24) is 9.78 Å². The van der Waals surface area contributed by atoms with E-state index in [2.05, 4.69) is 29.5 Å². The van der Waals surface area contributed by atoms with E-state index in [0.717, 1.165) is 13.1 Å². The third-order valence-electron chi connectivity index (χ3n) is 2.36. The summed E-state index contributed by atoms with van der Waals surface area (Å²) in [7, 11) is 0. The fourth-order valence-corrected chi connectivity index (χ4v) is 1.51. The first-order valence-corrected chi connectivity index (χ1v) is 5.13. The van der Waals surface area contributed by atoms with Crippen molar-refractivity contribution in [3.8, 4) is 0 Å². The van der Waals surface area contributed by atoms with Gasteiger partial charge < -0.3 is 5.32 Å². The van der Waals surface area contributed by atoms with E-state index < -0.39 is 0 Å². The van der Waals surface area contributed by atoms with Crippen molar-refractivity contribution in [3.63, 3.8) is 0 Å². The fraction of sp³-hybridized carbons (Fsp3) is 0.250. The monoisotopic (exact) mass is 201 g/mol. The molecule has 0 saturated carbocycles. The minimum Gasteiger partial charge on any atom is -0.383 e. The maximum atomic E-state index is 4.15. The standard InChI is InChI=1S/C12H15N3/c1-11-5-2-3-6-12(11)13-8-10-15-9-4-7-14-15/h2-7,9,13H,8,10H2,1H3. The van der Waals surface area contributed by atoms with E-state index in [1.807, 2.05) is 29.1 Å².